The average molecular weight is 316 g/mol. The first kappa shape index (κ1) is 16.9. The van der Waals surface area contributed by atoms with Crippen LogP contribution in [0.3, 0.4) is 0 Å². The lowest BCUT2D eigenvalue weighted by molar-refractivity contribution is 0.0939. The number of carbonyl (C=O) groups excluding carboxylic acids is 1. The minimum absolute atomic E-state index is 0.0780. The number of carbonyl (C=O) groups is 1. The molecule has 0 aliphatic rings. The third kappa shape index (κ3) is 4.03. The van der Waals surface area contributed by atoms with Crippen molar-refractivity contribution in [1.29, 1.82) is 0 Å². The van der Waals surface area contributed by atoms with Gasteiger partial charge in [0.1, 0.15) is 17.2 Å². The van der Waals surface area contributed by atoms with Crippen LogP contribution in [0.5, 0.6) is 0 Å². The van der Waals surface area contributed by atoms with Gasteiger partial charge in [0.15, 0.2) is 5.82 Å². The molecule has 5 nitrogen and oxygen atoms in total. The zero-order chi connectivity index (χ0) is 17.0. The first-order chi connectivity index (χ1) is 10.9. The second-order valence-corrected chi connectivity index (χ2v) is 5.61. The van der Waals surface area contributed by atoms with Crippen molar-refractivity contribution in [3.05, 3.63) is 41.8 Å². The molecule has 2 aromatic rings. The summed E-state index contributed by atoms with van der Waals surface area (Å²) in [5.41, 5.74) is 1.12. The van der Waals surface area contributed by atoms with Crippen molar-refractivity contribution in [3.63, 3.8) is 0 Å². The molecular weight excluding hydrogens is 295 g/mol. The Labute approximate surface area is 135 Å². The summed E-state index contributed by atoms with van der Waals surface area (Å²) in [6, 6.07) is 6.02. The maximum atomic E-state index is 13.0. The predicted octanol–water partition coefficient (Wildman–Crippen LogP) is 2.88. The van der Waals surface area contributed by atoms with Crippen molar-refractivity contribution in [2.75, 3.05) is 19.0 Å². The Kier molecular flexibility index (Phi) is 5.26. The number of hydrogen-bond acceptors (Lipinski definition) is 4. The molecule has 0 aliphatic carbocycles. The van der Waals surface area contributed by atoms with Gasteiger partial charge in [0, 0.05) is 31.9 Å². The highest BCUT2D eigenvalue weighted by Gasteiger charge is 2.18. The quantitative estimate of drug-likeness (QED) is 0.921. The number of anilines is 1. The highest BCUT2D eigenvalue weighted by molar-refractivity contribution is 5.99. The normalized spacial score (nSPS) is 11.9. The van der Waals surface area contributed by atoms with Crippen molar-refractivity contribution in [2.45, 2.75) is 26.3 Å². The fourth-order valence-corrected chi connectivity index (χ4v) is 2.02. The van der Waals surface area contributed by atoms with Gasteiger partial charge in [-0.3, -0.25) is 4.79 Å². The van der Waals surface area contributed by atoms with E-state index in [2.05, 4.69) is 15.3 Å². The molecule has 0 radical (unpaired) electrons. The van der Waals surface area contributed by atoms with Gasteiger partial charge in [-0.15, -0.1) is 0 Å². The topological polar surface area (TPSA) is 58.1 Å². The van der Waals surface area contributed by atoms with Gasteiger partial charge < -0.3 is 10.2 Å². The molecule has 6 heteroatoms. The number of rotatable bonds is 5. The van der Waals surface area contributed by atoms with Crippen molar-refractivity contribution in [2.24, 2.45) is 0 Å². The Bertz CT molecular complexity index is 685. The average Bonchev–Trinajstić information content (AvgIpc) is 2.54. The number of nitrogens with zero attached hydrogens (tertiary/aromatic N) is 3. The Hall–Kier alpha value is -2.50. The fraction of sp³-hybridized carbons (Fsp3) is 0.353. The fourth-order valence-electron chi connectivity index (χ4n) is 2.02. The van der Waals surface area contributed by atoms with Crippen LogP contribution < -0.4 is 10.2 Å². The van der Waals surface area contributed by atoms with Gasteiger partial charge in [0.05, 0.1) is 0 Å². The number of amides is 1. The summed E-state index contributed by atoms with van der Waals surface area (Å²) < 4.78 is 13.0. The van der Waals surface area contributed by atoms with Crippen molar-refractivity contribution < 1.29 is 9.18 Å². The van der Waals surface area contributed by atoms with Crippen LogP contribution in [0.4, 0.5) is 10.2 Å². The molecule has 2 rings (SSSR count). The molecule has 0 saturated carbocycles. The largest absolute Gasteiger partial charge is 0.362 e. The Morgan fingerprint density at radius 3 is 2.52 bits per heavy atom. The summed E-state index contributed by atoms with van der Waals surface area (Å²) in [5.74, 6) is 0.466. The zero-order valence-corrected chi connectivity index (χ0v) is 13.8. The van der Waals surface area contributed by atoms with E-state index in [4.69, 9.17) is 0 Å². The third-order valence-corrected chi connectivity index (χ3v) is 3.53. The molecule has 1 unspecified atom stereocenters. The molecule has 1 atom stereocenters. The van der Waals surface area contributed by atoms with E-state index >= 15 is 0 Å². The SMILES string of the molecule is CCC(C)NC(=O)c1cnc(-c2ccc(F)cc2)nc1N(C)C. The lowest BCUT2D eigenvalue weighted by atomic mass is 10.2. The van der Waals surface area contributed by atoms with Gasteiger partial charge >= 0.3 is 0 Å². The molecule has 23 heavy (non-hydrogen) atoms. The van der Waals surface area contributed by atoms with Crippen LogP contribution in [0.15, 0.2) is 30.5 Å². The minimum atomic E-state index is -0.314. The minimum Gasteiger partial charge on any atom is -0.362 e. The molecular formula is C17H21FN4O. The van der Waals surface area contributed by atoms with Gasteiger partial charge in [-0.05, 0) is 37.6 Å². The molecule has 0 spiro atoms. The van der Waals surface area contributed by atoms with Crippen LogP contribution in [0.2, 0.25) is 0 Å². The van der Waals surface area contributed by atoms with Crippen LogP contribution in [0.25, 0.3) is 11.4 Å². The van der Waals surface area contributed by atoms with E-state index < -0.39 is 0 Å². The first-order valence-corrected chi connectivity index (χ1v) is 7.53. The molecule has 0 fully saturated rings. The number of benzene rings is 1. The highest BCUT2D eigenvalue weighted by atomic mass is 19.1. The molecule has 1 heterocycles. The number of nitrogens with one attached hydrogen (secondary N) is 1. The number of hydrogen-bond donors (Lipinski definition) is 1. The summed E-state index contributed by atoms with van der Waals surface area (Å²) in [5, 5.41) is 2.91. The molecule has 0 aliphatic heterocycles. The molecule has 0 saturated heterocycles. The van der Waals surface area contributed by atoms with Crippen LogP contribution in [0, 0.1) is 5.82 Å². The Balaban J connectivity index is 2.38. The van der Waals surface area contributed by atoms with Crippen LogP contribution >= 0.6 is 0 Å². The molecule has 0 bridgehead atoms. The van der Waals surface area contributed by atoms with Gasteiger partial charge in [-0.1, -0.05) is 6.92 Å². The van der Waals surface area contributed by atoms with E-state index in [1.807, 2.05) is 27.9 Å². The summed E-state index contributed by atoms with van der Waals surface area (Å²) in [6.07, 6.45) is 2.36. The van der Waals surface area contributed by atoms with Crippen molar-refractivity contribution in [1.82, 2.24) is 15.3 Å². The monoisotopic (exact) mass is 316 g/mol. The maximum Gasteiger partial charge on any atom is 0.256 e. The Morgan fingerprint density at radius 1 is 1.30 bits per heavy atom. The highest BCUT2D eigenvalue weighted by Crippen LogP contribution is 2.21. The molecule has 1 N–H and O–H groups in total. The maximum absolute atomic E-state index is 13.0. The Morgan fingerprint density at radius 2 is 1.96 bits per heavy atom. The summed E-state index contributed by atoms with van der Waals surface area (Å²) in [6.45, 7) is 3.95. The van der Waals surface area contributed by atoms with Gasteiger partial charge in [0.2, 0.25) is 0 Å². The molecule has 1 aromatic heterocycles. The summed E-state index contributed by atoms with van der Waals surface area (Å²) >= 11 is 0. The standard InChI is InChI=1S/C17H21FN4O/c1-5-11(2)20-17(23)14-10-19-15(21-16(14)22(3)4)12-6-8-13(18)9-7-12/h6-11H,5H2,1-4H3,(H,20,23). The van der Waals surface area contributed by atoms with E-state index in [1.54, 1.807) is 17.0 Å². The van der Waals surface area contributed by atoms with E-state index in [1.165, 1.54) is 18.3 Å². The zero-order valence-electron chi connectivity index (χ0n) is 13.8. The lowest BCUT2D eigenvalue weighted by Crippen LogP contribution is -2.33. The predicted molar refractivity (Wildman–Crippen MR) is 89.0 cm³/mol. The van der Waals surface area contributed by atoms with Gasteiger partial charge in [-0.2, -0.15) is 0 Å². The second-order valence-electron chi connectivity index (χ2n) is 5.61. The van der Waals surface area contributed by atoms with Crippen LogP contribution in [0.1, 0.15) is 30.6 Å². The van der Waals surface area contributed by atoms with Crippen LogP contribution in [-0.2, 0) is 0 Å². The first-order valence-electron chi connectivity index (χ1n) is 7.53. The summed E-state index contributed by atoms with van der Waals surface area (Å²) in [4.78, 5) is 22.8. The summed E-state index contributed by atoms with van der Waals surface area (Å²) in [7, 11) is 3.63. The van der Waals surface area contributed by atoms with Gasteiger partial charge in [0.25, 0.3) is 5.91 Å². The molecule has 1 amide bonds. The third-order valence-electron chi connectivity index (χ3n) is 3.53. The molecule has 122 valence electrons. The van der Waals surface area contributed by atoms with Gasteiger partial charge in [-0.25, -0.2) is 14.4 Å². The van der Waals surface area contributed by atoms with E-state index in [0.29, 0.717) is 22.8 Å². The van der Waals surface area contributed by atoms with Crippen LogP contribution in [-0.4, -0.2) is 36.0 Å². The van der Waals surface area contributed by atoms with Crippen molar-refractivity contribution >= 4 is 11.7 Å². The number of halogens is 1. The van der Waals surface area contributed by atoms with E-state index in [9.17, 15) is 9.18 Å². The second kappa shape index (κ2) is 7.17. The number of aromatic nitrogens is 2. The van der Waals surface area contributed by atoms with Crippen molar-refractivity contribution in [3.8, 4) is 11.4 Å². The molecule has 1 aromatic carbocycles. The smallest absolute Gasteiger partial charge is 0.256 e. The lowest BCUT2D eigenvalue weighted by Gasteiger charge is -2.18. The van der Waals surface area contributed by atoms with E-state index in [0.717, 1.165) is 6.42 Å². The van der Waals surface area contributed by atoms with E-state index in [-0.39, 0.29) is 17.8 Å².